The van der Waals surface area contributed by atoms with Crippen molar-refractivity contribution in [3.8, 4) is 0 Å². The first kappa shape index (κ1) is 13.4. The van der Waals surface area contributed by atoms with Crippen LogP contribution in [0, 0.1) is 0 Å². The van der Waals surface area contributed by atoms with E-state index < -0.39 is 42.6 Å². The zero-order valence-electron chi connectivity index (χ0n) is 10.5. The second-order valence-corrected chi connectivity index (χ2v) is 4.16. The Bertz CT molecular complexity index is 342. The molecule has 0 bridgehead atoms. The van der Waals surface area contributed by atoms with Gasteiger partial charge < -0.3 is 23.7 Å². The molecule has 18 heavy (non-hydrogen) atoms. The van der Waals surface area contributed by atoms with Crippen molar-refractivity contribution in [3.63, 3.8) is 0 Å². The first-order chi connectivity index (χ1) is 8.52. The summed E-state index contributed by atoms with van der Waals surface area (Å²) < 4.78 is 25.9. The minimum absolute atomic E-state index is 0.296. The van der Waals surface area contributed by atoms with Gasteiger partial charge >= 0.3 is 5.97 Å². The smallest absolute Gasteiger partial charge is 0.377 e. The molecule has 0 N–H and O–H groups in total. The SMILES string of the molecule is COC(=O)C(=O)[C@@H]1O[C@@H](C)O[C@H]2CO[C@@H](C)O[C@H]21. The lowest BCUT2D eigenvalue weighted by molar-refractivity contribution is -0.343. The topological polar surface area (TPSA) is 80.3 Å². The van der Waals surface area contributed by atoms with Crippen molar-refractivity contribution >= 4 is 11.8 Å². The molecule has 0 aliphatic carbocycles. The van der Waals surface area contributed by atoms with Crippen molar-refractivity contribution < 1.29 is 33.3 Å². The predicted octanol–water partition coefficient (Wildman–Crippen LogP) is -0.380. The normalized spacial score (nSPS) is 39.8. The number of methoxy groups -OCH3 is 1. The van der Waals surface area contributed by atoms with Gasteiger partial charge in [-0.05, 0) is 13.8 Å². The van der Waals surface area contributed by atoms with Crippen LogP contribution in [0.5, 0.6) is 0 Å². The van der Waals surface area contributed by atoms with E-state index in [1.807, 2.05) is 0 Å². The van der Waals surface area contributed by atoms with Gasteiger partial charge in [-0.2, -0.15) is 0 Å². The lowest BCUT2D eigenvalue weighted by Crippen LogP contribution is -2.60. The van der Waals surface area contributed by atoms with Crippen molar-refractivity contribution in [1.82, 2.24) is 0 Å². The van der Waals surface area contributed by atoms with Gasteiger partial charge in [0.25, 0.3) is 5.78 Å². The Balaban J connectivity index is 2.15. The molecule has 0 unspecified atom stereocenters. The van der Waals surface area contributed by atoms with Crippen LogP contribution in [0.25, 0.3) is 0 Å². The average Bonchev–Trinajstić information content (AvgIpc) is 2.36. The van der Waals surface area contributed by atoms with Gasteiger partial charge in [0.2, 0.25) is 0 Å². The molecule has 102 valence electrons. The van der Waals surface area contributed by atoms with Crippen molar-refractivity contribution in [1.29, 1.82) is 0 Å². The lowest BCUT2D eigenvalue weighted by atomic mass is 10.0. The summed E-state index contributed by atoms with van der Waals surface area (Å²) in [5.41, 5.74) is 0. The van der Waals surface area contributed by atoms with Crippen LogP contribution < -0.4 is 0 Å². The average molecular weight is 260 g/mol. The largest absolute Gasteiger partial charge is 0.463 e. The highest BCUT2D eigenvalue weighted by Crippen LogP contribution is 2.27. The number of carbonyl (C=O) groups excluding carboxylic acids is 2. The predicted molar refractivity (Wildman–Crippen MR) is 56.5 cm³/mol. The molecule has 5 atom stereocenters. The number of ketones is 1. The van der Waals surface area contributed by atoms with Crippen LogP contribution in [0.4, 0.5) is 0 Å². The van der Waals surface area contributed by atoms with Crippen LogP contribution >= 0.6 is 0 Å². The van der Waals surface area contributed by atoms with Crippen molar-refractivity contribution in [3.05, 3.63) is 0 Å². The Morgan fingerprint density at radius 2 is 1.83 bits per heavy atom. The molecular formula is C11H16O7. The molecule has 2 saturated heterocycles. The van der Waals surface area contributed by atoms with E-state index in [-0.39, 0.29) is 0 Å². The summed E-state index contributed by atoms with van der Waals surface area (Å²) in [4.78, 5) is 23.2. The maximum absolute atomic E-state index is 11.9. The lowest BCUT2D eigenvalue weighted by Gasteiger charge is -2.43. The number of hydrogen-bond donors (Lipinski definition) is 0. The minimum atomic E-state index is -1.02. The van der Waals surface area contributed by atoms with Gasteiger partial charge in [-0.3, -0.25) is 4.79 Å². The van der Waals surface area contributed by atoms with Crippen molar-refractivity contribution in [2.75, 3.05) is 13.7 Å². The van der Waals surface area contributed by atoms with Gasteiger partial charge in [0.15, 0.2) is 18.7 Å². The molecule has 0 aromatic rings. The maximum Gasteiger partial charge on any atom is 0.377 e. The van der Waals surface area contributed by atoms with Crippen molar-refractivity contribution in [2.45, 2.75) is 44.7 Å². The van der Waals surface area contributed by atoms with Gasteiger partial charge in [0.1, 0.15) is 12.2 Å². The van der Waals surface area contributed by atoms with E-state index in [9.17, 15) is 9.59 Å². The van der Waals surface area contributed by atoms with Crippen LogP contribution in [0.2, 0.25) is 0 Å². The van der Waals surface area contributed by atoms with Gasteiger partial charge in [-0.15, -0.1) is 0 Å². The van der Waals surface area contributed by atoms with E-state index in [4.69, 9.17) is 18.9 Å². The minimum Gasteiger partial charge on any atom is -0.463 e. The zero-order valence-corrected chi connectivity index (χ0v) is 10.5. The Morgan fingerprint density at radius 1 is 1.11 bits per heavy atom. The highest BCUT2D eigenvalue weighted by atomic mass is 16.8. The number of fused-ring (bicyclic) bond motifs is 1. The summed E-state index contributed by atoms with van der Waals surface area (Å²) in [6.07, 6.45) is -3.18. The van der Waals surface area contributed by atoms with Crippen LogP contribution in [-0.4, -0.2) is 56.4 Å². The van der Waals surface area contributed by atoms with Gasteiger partial charge in [-0.25, -0.2) is 4.79 Å². The number of hydrogen-bond acceptors (Lipinski definition) is 7. The second-order valence-electron chi connectivity index (χ2n) is 4.16. The molecule has 0 aromatic carbocycles. The molecule has 0 aromatic heterocycles. The highest BCUT2D eigenvalue weighted by Gasteiger charge is 2.48. The maximum atomic E-state index is 11.9. The standard InChI is InChI=1S/C11H16O7/c1-5-15-4-7-9(17-5)10(18-6(2)16-7)8(12)11(13)14-3/h5-7,9-10H,4H2,1-3H3/t5-,6+,7+,9-,10+/m1/s1. The van der Waals surface area contributed by atoms with Crippen LogP contribution in [0.3, 0.4) is 0 Å². The third-order valence-corrected chi connectivity index (χ3v) is 2.86. The van der Waals surface area contributed by atoms with E-state index in [1.165, 1.54) is 0 Å². The molecule has 0 saturated carbocycles. The van der Waals surface area contributed by atoms with Crippen LogP contribution in [0.15, 0.2) is 0 Å². The fraction of sp³-hybridized carbons (Fsp3) is 0.818. The molecule has 2 rings (SSSR count). The fourth-order valence-electron chi connectivity index (χ4n) is 2.05. The summed E-state index contributed by atoms with van der Waals surface area (Å²) in [7, 11) is 1.15. The van der Waals surface area contributed by atoms with Gasteiger partial charge in [0.05, 0.1) is 13.7 Å². The molecule has 2 aliphatic heterocycles. The van der Waals surface area contributed by atoms with E-state index in [0.717, 1.165) is 7.11 Å². The molecule has 2 fully saturated rings. The summed E-state index contributed by atoms with van der Waals surface area (Å²) in [5, 5.41) is 0. The quantitative estimate of drug-likeness (QED) is 0.494. The monoisotopic (exact) mass is 260 g/mol. The number of rotatable bonds is 2. The second kappa shape index (κ2) is 5.31. The molecule has 7 nitrogen and oxygen atoms in total. The molecule has 0 amide bonds. The Hall–Kier alpha value is -1.02. The number of carbonyl (C=O) groups is 2. The number of ether oxygens (including phenoxy) is 5. The Morgan fingerprint density at radius 3 is 2.50 bits per heavy atom. The molecule has 2 heterocycles. The van der Waals surface area contributed by atoms with Crippen LogP contribution in [0.1, 0.15) is 13.8 Å². The Kier molecular flexibility index (Phi) is 3.96. The van der Waals surface area contributed by atoms with Crippen molar-refractivity contribution in [2.24, 2.45) is 0 Å². The zero-order chi connectivity index (χ0) is 13.3. The molecule has 0 radical (unpaired) electrons. The van der Waals surface area contributed by atoms with E-state index in [0.29, 0.717) is 6.61 Å². The molecule has 0 spiro atoms. The Labute approximate surface area is 104 Å². The van der Waals surface area contributed by atoms with Crippen LogP contribution in [-0.2, 0) is 33.3 Å². The summed E-state index contributed by atoms with van der Waals surface area (Å²) in [5.74, 6) is -1.72. The summed E-state index contributed by atoms with van der Waals surface area (Å²) in [6, 6.07) is 0. The van der Waals surface area contributed by atoms with Gasteiger partial charge in [0, 0.05) is 0 Å². The van der Waals surface area contributed by atoms with E-state index in [2.05, 4.69) is 4.74 Å². The summed E-state index contributed by atoms with van der Waals surface area (Å²) in [6.45, 7) is 3.64. The van der Waals surface area contributed by atoms with E-state index in [1.54, 1.807) is 13.8 Å². The summed E-state index contributed by atoms with van der Waals surface area (Å²) >= 11 is 0. The molecule has 7 heteroatoms. The molecule has 2 aliphatic rings. The van der Waals surface area contributed by atoms with Gasteiger partial charge in [-0.1, -0.05) is 0 Å². The molecular weight excluding hydrogens is 244 g/mol. The van der Waals surface area contributed by atoms with E-state index >= 15 is 0 Å². The number of Topliss-reactive ketones (excluding diaryl/α,β-unsaturated/α-hetero) is 1. The first-order valence-electron chi connectivity index (χ1n) is 5.73. The number of esters is 1. The third-order valence-electron chi connectivity index (χ3n) is 2.86. The first-order valence-corrected chi connectivity index (χ1v) is 5.73. The highest BCUT2D eigenvalue weighted by molar-refractivity contribution is 6.35. The fourth-order valence-corrected chi connectivity index (χ4v) is 2.05. The third kappa shape index (κ3) is 2.54.